The molecule has 0 saturated heterocycles. The molecule has 3 nitrogen and oxygen atoms in total. The van der Waals surface area contributed by atoms with Crippen molar-refractivity contribution >= 4 is 0 Å². The van der Waals surface area contributed by atoms with Gasteiger partial charge in [-0.25, -0.2) is 0 Å². The summed E-state index contributed by atoms with van der Waals surface area (Å²) in [6.45, 7) is 6.96. The molecule has 0 aromatic carbocycles. The van der Waals surface area contributed by atoms with Gasteiger partial charge in [0.05, 0.1) is 32.0 Å². The molecule has 1 atom stereocenters. The molecule has 0 heterocycles. The Morgan fingerprint density at radius 2 is 1.82 bits per heavy atom. The predicted octanol–water partition coefficient (Wildman–Crippen LogP) is 0.809. The molecule has 0 aliphatic carbocycles. The number of rotatable bonds is 6. The first-order chi connectivity index (χ1) is 5.16. The van der Waals surface area contributed by atoms with E-state index in [0.29, 0.717) is 13.2 Å². The maximum absolute atomic E-state index is 8.43. The third kappa shape index (κ3) is 7.78. The van der Waals surface area contributed by atoms with Crippen molar-refractivity contribution < 1.29 is 14.6 Å². The van der Waals surface area contributed by atoms with Crippen LogP contribution in [0.25, 0.3) is 0 Å². The molecule has 0 spiro atoms. The van der Waals surface area contributed by atoms with Gasteiger partial charge in [0.1, 0.15) is 0 Å². The fourth-order valence-electron chi connectivity index (χ4n) is 0.630. The summed E-state index contributed by atoms with van der Waals surface area (Å²) in [5.74, 6) is 0. The van der Waals surface area contributed by atoms with Gasteiger partial charge in [-0.3, -0.25) is 0 Å². The molecule has 0 fully saturated rings. The highest BCUT2D eigenvalue weighted by molar-refractivity contribution is 4.48. The van der Waals surface area contributed by atoms with E-state index in [1.54, 1.807) is 0 Å². The van der Waals surface area contributed by atoms with Crippen molar-refractivity contribution in [1.29, 1.82) is 0 Å². The van der Waals surface area contributed by atoms with Gasteiger partial charge in [-0.2, -0.15) is 0 Å². The number of aliphatic hydroxyl groups is 1. The van der Waals surface area contributed by atoms with Crippen LogP contribution in [0.2, 0.25) is 0 Å². The molecular formula is C8H18O3. The molecule has 0 radical (unpaired) electrons. The molecule has 0 aromatic heterocycles. The summed E-state index contributed by atoms with van der Waals surface area (Å²) in [6.07, 6.45) is 0.319. The van der Waals surface area contributed by atoms with Gasteiger partial charge in [0.25, 0.3) is 0 Å². The first kappa shape index (κ1) is 10.9. The van der Waals surface area contributed by atoms with Crippen molar-refractivity contribution in [2.45, 2.75) is 33.0 Å². The number of ether oxygens (including phenoxy) is 2. The maximum Gasteiger partial charge on any atom is 0.0781 e. The van der Waals surface area contributed by atoms with Gasteiger partial charge < -0.3 is 14.6 Å². The second-order valence-corrected chi connectivity index (χ2v) is 2.79. The molecule has 0 bridgehead atoms. The van der Waals surface area contributed by atoms with Crippen LogP contribution in [-0.4, -0.2) is 37.1 Å². The van der Waals surface area contributed by atoms with E-state index in [0.717, 1.165) is 0 Å². The smallest absolute Gasteiger partial charge is 0.0781 e. The van der Waals surface area contributed by atoms with E-state index in [9.17, 15) is 0 Å². The van der Waals surface area contributed by atoms with Crippen LogP contribution < -0.4 is 0 Å². The Morgan fingerprint density at radius 3 is 2.27 bits per heavy atom. The lowest BCUT2D eigenvalue weighted by Crippen LogP contribution is -2.20. The molecule has 11 heavy (non-hydrogen) atoms. The summed E-state index contributed by atoms with van der Waals surface area (Å²) in [7, 11) is 0. The Labute approximate surface area is 68.3 Å². The minimum atomic E-state index is 0.0737. The Morgan fingerprint density at radius 1 is 1.18 bits per heavy atom. The lowest BCUT2D eigenvalue weighted by atomic mass is 10.4. The molecule has 0 saturated carbocycles. The summed E-state index contributed by atoms with van der Waals surface area (Å²) >= 11 is 0. The second kappa shape index (κ2) is 6.58. The van der Waals surface area contributed by atoms with Crippen LogP contribution >= 0.6 is 0 Å². The van der Waals surface area contributed by atoms with Crippen molar-refractivity contribution in [3.63, 3.8) is 0 Å². The van der Waals surface area contributed by atoms with E-state index in [4.69, 9.17) is 14.6 Å². The summed E-state index contributed by atoms with van der Waals surface area (Å²) in [4.78, 5) is 0. The van der Waals surface area contributed by atoms with Crippen LogP contribution in [0.1, 0.15) is 20.8 Å². The highest BCUT2D eigenvalue weighted by atomic mass is 16.5. The van der Waals surface area contributed by atoms with Crippen LogP contribution in [0.4, 0.5) is 0 Å². The van der Waals surface area contributed by atoms with Crippen molar-refractivity contribution in [2.75, 3.05) is 19.8 Å². The number of hydrogen-bond donors (Lipinski definition) is 1. The molecular weight excluding hydrogens is 144 g/mol. The average molecular weight is 162 g/mol. The second-order valence-electron chi connectivity index (χ2n) is 2.79. The lowest BCUT2D eigenvalue weighted by molar-refractivity contribution is -0.0349. The number of hydrogen-bond acceptors (Lipinski definition) is 3. The largest absolute Gasteiger partial charge is 0.394 e. The molecule has 68 valence electrons. The molecule has 1 N–H and O–H groups in total. The van der Waals surface area contributed by atoms with Crippen LogP contribution in [-0.2, 0) is 9.47 Å². The zero-order chi connectivity index (χ0) is 8.69. The Bertz CT molecular complexity index is 83.4. The van der Waals surface area contributed by atoms with Crippen molar-refractivity contribution in [1.82, 2.24) is 0 Å². The van der Waals surface area contributed by atoms with Gasteiger partial charge in [-0.1, -0.05) is 0 Å². The fourth-order valence-corrected chi connectivity index (χ4v) is 0.630. The van der Waals surface area contributed by atoms with Crippen LogP contribution in [0, 0.1) is 0 Å². The van der Waals surface area contributed by atoms with E-state index >= 15 is 0 Å². The first-order valence-electron chi connectivity index (χ1n) is 4.01. The molecule has 0 aromatic rings. The third-order valence-electron chi connectivity index (χ3n) is 1.16. The van der Waals surface area contributed by atoms with Gasteiger partial charge in [0.15, 0.2) is 0 Å². The lowest BCUT2D eigenvalue weighted by Gasteiger charge is -2.14. The third-order valence-corrected chi connectivity index (χ3v) is 1.16. The van der Waals surface area contributed by atoms with Crippen molar-refractivity contribution in [3.8, 4) is 0 Å². The monoisotopic (exact) mass is 162 g/mol. The summed E-state index contributed by atoms with van der Waals surface area (Å²) in [6, 6.07) is 0. The Hall–Kier alpha value is -0.120. The molecule has 0 aliphatic rings. The highest BCUT2D eigenvalue weighted by Crippen LogP contribution is 1.94. The zero-order valence-electron chi connectivity index (χ0n) is 7.54. The van der Waals surface area contributed by atoms with Crippen LogP contribution in [0.15, 0.2) is 0 Å². The van der Waals surface area contributed by atoms with Crippen molar-refractivity contribution in [2.24, 2.45) is 0 Å². The quantitative estimate of drug-likeness (QED) is 0.628. The Balaban J connectivity index is 3.15. The first-order valence-corrected chi connectivity index (χ1v) is 4.01. The minimum Gasteiger partial charge on any atom is -0.394 e. The van der Waals surface area contributed by atoms with Crippen molar-refractivity contribution in [3.05, 3.63) is 0 Å². The SMILES string of the molecule is CC(C)OCC(C)OCCO. The van der Waals surface area contributed by atoms with E-state index < -0.39 is 0 Å². The standard InChI is InChI=1S/C8H18O3/c1-7(2)11-6-8(3)10-5-4-9/h7-9H,4-6H2,1-3H3. The minimum absolute atomic E-state index is 0.0737. The predicted molar refractivity (Wildman–Crippen MR) is 43.6 cm³/mol. The maximum atomic E-state index is 8.43. The summed E-state index contributed by atoms with van der Waals surface area (Å²) < 4.78 is 10.5. The van der Waals surface area contributed by atoms with Crippen LogP contribution in [0.3, 0.4) is 0 Å². The molecule has 3 heteroatoms. The molecule has 1 unspecified atom stereocenters. The zero-order valence-corrected chi connectivity index (χ0v) is 7.54. The summed E-state index contributed by atoms with van der Waals surface area (Å²) in [5, 5.41) is 8.43. The highest BCUT2D eigenvalue weighted by Gasteiger charge is 2.02. The van der Waals surface area contributed by atoms with Gasteiger partial charge in [0.2, 0.25) is 0 Å². The fraction of sp³-hybridized carbons (Fsp3) is 1.00. The van der Waals surface area contributed by atoms with E-state index in [-0.39, 0.29) is 18.8 Å². The summed E-state index contributed by atoms with van der Waals surface area (Å²) in [5.41, 5.74) is 0. The average Bonchev–Trinajstić information content (AvgIpc) is 1.97. The topological polar surface area (TPSA) is 38.7 Å². The molecule has 0 aliphatic heterocycles. The van der Waals surface area contributed by atoms with Gasteiger partial charge >= 0.3 is 0 Å². The van der Waals surface area contributed by atoms with Gasteiger partial charge in [-0.15, -0.1) is 0 Å². The molecule has 0 amide bonds. The van der Waals surface area contributed by atoms with Gasteiger partial charge in [-0.05, 0) is 20.8 Å². The number of aliphatic hydroxyl groups excluding tert-OH is 1. The van der Waals surface area contributed by atoms with Gasteiger partial charge in [0, 0.05) is 0 Å². The van der Waals surface area contributed by atoms with E-state index in [1.165, 1.54) is 0 Å². The normalized spacial score (nSPS) is 13.9. The Kier molecular flexibility index (Phi) is 6.51. The van der Waals surface area contributed by atoms with E-state index in [2.05, 4.69) is 0 Å². The molecule has 0 rings (SSSR count). The van der Waals surface area contributed by atoms with Crippen LogP contribution in [0.5, 0.6) is 0 Å². The van der Waals surface area contributed by atoms with E-state index in [1.807, 2.05) is 20.8 Å².